The highest BCUT2D eigenvalue weighted by atomic mass is 16.3. The lowest BCUT2D eigenvalue weighted by atomic mass is 9.98. The Morgan fingerprint density at radius 3 is 2.53 bits per heavy atom. The largest absolute Gasteiger partial charge is 0.371 e. The fraction of sp³-hybridized carbons (Fsp3) is 0.929. The minimum absolute atomic E-state index is 0.214. The van der Waals surface area contributed by atoms with Crippen molar-refractivity contribution in [3.05, 3.63) is 0 Å². The van der Waals surface area contributed by atoms with Gasteiger partial charge < -0.3 is 10.0 Å². The van der Waals surface area contributed by atoms with Gasteiger partial charge in [0.15, 0.2) is 0 Å². The number of aliphatic hydroxyl groups is 1. The topological polar surface area (TPSA) is 40.5 Å². The molecule has 3 atom stereocenters. The molecule has 0 aromatic heterocycles. The molecule has 2 saturated carbocycles. The number of hydrogen-bond acceptors (Lipinski definition) is 2. The summed E-state index contributed by atoms with van der Waals surface area (Å²) in [5, 5.41) is 10.2. The van der Waals surface area contributed by atoms with Crippen LogP contribution < -0.4 is 0 Å². The Kier molecular flexibility index (Phi) is 2.20. The number of carbonyl (C=O) groups is 1. The summed E-state index contributed by atoms with van der Waals surface area (Å²) < 4.78 is 0. The maximum Gasteiger partial charge on any atom is 0.228 e. The third kappa shape index (κ3) is 1.62. The van der Waals surface area contributed by atoms with Crippen molar-refractivity contribution < 1.29 is 9.90 Å². The Bertz CT molecular complexity index is 354. The van der Waals surface area contributed by atoms with Gasteiger partial charge in [-0.15, -0.1) is 0 Å². The Hall–Kier alpha value is -0.570. The van der Waals surface area contributed by atoms with Gasteiger partial charge in [-0.1, -0.05) is 6.92 Å². The molecule has 1 aliphatic heterocycles. The molecule has 0 radical (unpaired) electrons. The lowest BCUT2D eigenvalue weighted by molar-refractivity contribution is -0.157. The average Bonchev–Trinajstić information content (AvgIpc) is 3.08. The summed E-state index contributed by atoms with van der Waals surface area (Å²) in [6, 6.07) is 0. The van der Waals surface area contributed by atoms with Gasteiger partial charge in [0, 0.05) is 12.5 Å². The highest BCUT2D eigenvalue weighted by Crippen LogP contribution is 2.77. The van der Waals surface area contributed by atoms with Gasteiger partial charge in [-0.25, -0.2) is 0 Å². The summed E-state index contributed by atoms with van der Waals surface area (Å²) in [7, 11) is 0. The molecule has 3 unspecified atom stereocenters. The highest BCUT2D eigenvalue weighted by Gasteiger charge is 2.74. The molecule has 0 aromatic carbocycles. The van der Waals surface area contributed by atoms with E-state index in [1.807, 2.05) is 0 Å². The normalized spacial score (nSPS) is 39.6. The van der Waals surface area contributed by atoms with Gasteiger partial charge in [-0.05, 0) is 56.8 Å². The first kappa shape index (κ1) is 11.5. The molecule has 2 aliphatic carbocycles. The van der Waals surface area contributed by atoms with Crippen LogP contribution in [0.3, 0.4) is 0 Å². The van der Waals surface area contributed by atoms with Crippen LogP contribution in [0.25, 0.3) is 0 Å². The van der Waals surface area contributed by atoms with Gasteiger partial charge in [0.05, 0.1) is 0 Å². The van der Waals surface area contributed by atoms with E-state index in [0.717, 1.165) is 0 Å². The van der Waals surface area contributed by atoms with Crippen LogP contribution in [0.1, 0.15) is 46.5 Å². The van der Waals surface area contributed by atoms with E-state index < -0.39 is 5.72 Å². The van der Waals surface area contributed by atoms with Crippen molar-refractivity contribution >= 4 is 5.91 Å². The molecular weight excluding hydrogens is 214 g/mol. The van der Waals surface area contributed by atoms with Gasteiger partial charge in [0.25, 0.3) is 0 Å². The van der Waals surface area contributed by atoms with Crippen LogP contribution in [0.15, 0.2) is 0 Å². The molecule has 0 aromatic rings. The Morgan fingerprint density at radius 2 is 2.00 bits per heavy atom. The summed E-state index contributed by atoms with van der Waals surface area (Å²) in [6.45, 7) is 6.36. The second kappa shape index (κ2) is 3.25. The van der Waals surface area contributed by atoms with Crippen LogP contribution in [-0.2, 0) is 4.79 Å². The second-order valence-corrected chi connectivity index (χ2v) is 6.94. The van der Waals surface area contributed by atoms with E-state index >= 15 is 0 Å². The average molecular weight is 237 g/mol. The number of rotatable bonds is 1. The van der Waals surface area contributed by atoms with Gasteiger partial charge in [0.2, 0.25) is 5.91 Å². The van der Waals surface area contributed by atoms with E-state index in [1.165, 1.54) is 25.7 Å². The summed E-state index contributed by atoms with van der Waals surface area (Å²) in [5.74, 6) is 1.58. The molecule has 3 nitrogen and oxygen atoms in total. The van der Waals surface area contributed by atoms with Crippen LogP contribution >= 0.6 is 0 Å². The zero-order valence-electron chi connectivity index (χ0n) is 11.1. The van der Waals surface area contributed by atoms with Crippen molar-refractivity contribution in [2.24, 2.45) is 23.2 Å². The summed E-state index contributed by atoms with van der Waals surface area (Å²) in [5.41, 5.74) is -0.628. The van der Waals surface area contributed by atoms with E-state index in [0.29, 0.717) is 23.8 Å². The molecule has 3 fully saturated rings. The SMILES string of the molecule is CC1CCC2C(C(=O)N(C(C)(C)O)C1)C21CC1. The molecule has 1 heterocycles. The van der Waals surface area contributed by atoms with Crippen LogP contribution in [0.4, 0.5) is 0 Å². The summed E-state index contributed by atoms with van der Waals surface area (Å²) in [6.07, 6.45) is 4.89. The third-order valence-electron chi connectivity index (χ3n) is 5.14. The van der Waals surface area contributed by atoms with Crippen LogP contribution in [0.2, 0.25) is 0 Å². The first-order chi connectivity index (χ1) is 7.86. The smallest absolute Gasteiger partial charge is 0.228 e. The number of fused-ring (bicyclic) bond motifs is 3. The second-order valence-electron chi connectivity index (χ2n) is 6.94. The van der Waals surface area contributed by atoms with E-state index in [2.05, 4.69) is 6.92 Å². The van der Waals surface area contributed by atoms with E-state index in [4.69, 9.17) is 0 Å². The lowest BCUT2D eigenvalue weighted by Crippen LogP contribution is -2.51. The molecule has 3 aliphatic rings. The molecule has 3 heteroatoms. The van der Waals surface area contributed by atoms with E-state index in [-0.39, 0.29) is 11.8 Å². The molecule has 0 bridgehead atoms. The first-order valence-corrected chi connectivity index (χ1v) is 6.90. The van der Waals surface area contributed by atoms with Gasteiger partial charge in [-0.3, -0.25) is 4.79 Å². The zero-order chi connectivity index (χ0) is 12.4. The monoisotopic (exact) mass is 237 g/mol. The lowest BCUT2D eigenvalue weighted by Gasteiger charge is -2.37. The molecule has 1 amide bonds. The maximum absolute atomic E-state index is 12.6. The molecule has 1 saturated heterocycles. The molecule has 17 heavy (non-hydrogen) atoms. The molecule has 1 N–H and O–H groups in total. The fourth-order valence-corrected chi connectivity index (χ4v) is 3.89. The molecule has 3 rings (SSSR count). The van der Waals surface area contributed by atoms with Crippen molar-refractivity contribution in [1.82, 2.24) is 4.90 Å². The quantitative estimate of drug-likeness (QED) is 0.757. The standard InChI is InChI=1S/C14H23NO2/c1-9-4-5-10-11(14(10)6-7-14)12(16)15(8-9)13(2,3)17/h9-11,17H,4-8H2,1-3H3. The van der Waals surface area contributed by atoms with Crippen molar-refractivity contribution in [2.75, 3.05) is 6.54 Å². The maximum atomic E-state index is 12.6. The number of hydrogen-bond donors (Lipinski definition) is 1. The predicted molar refractivity (Wildman–Crippen MR) is 65.1 cm³/mol. The van der Waals surface area contributed by atoms with Crippen LogP contribution in [0.5, 0.6) is 0 Å². The van der Waals surface area contributed by atoms with Crippen molar-refractivity contribution in [3.8, 4) is 0 Å². The first-order valence-electron chi connectivity index (χ1n) is 6.90. The van der Waals surface area contributed by atoms with Crippen LogP contribution in [0, 0.1) is 23.2 Å². The number of carbonyl (C=O) groups excluding carboxylic acids is 1. The fourth-order valence-electron chi connectivity index (χ4n) is 3.89. The molecular formula is C14H23NO2. The Labute approximate surface area is 103 Å². The third-order valence-corrected chi connectivity index (χ3v) is 5.14. The van der Waals surface area contributed by atoms with Crippen molar-refractivity contribution in [3.63, 3.8) is 0 Å². The summed E-state index contributed by atoms with van der Waals surface area (Å²) in [4.78, 5) is 14.3. The predicted octanol–water partition coefficient (Wildman–Crippen LogP) is 2.00. The Morgan fingerprint density at radius 1 is 1.35 bits per heavy atom. The number of likely N-dealkylation sites (tertiary alicyclic amines) is 1. The minimum atomic E-state index is -1.01. The number of amides is 1. The minimum Gasteiger partial charge on any atom is -0.371 e. The van der Waals surface area contributed by atoms with Crippen molar-refractivity contribution in [2.45, 2.75) is 52.2 Å². The summed E-state index contributed by atoms with van der Waals surface area (Å²) >= 11 is 0. The molecule has 96 valence electrons. The van der Waals surface area contributed by atoms with Gasteiger partial charge in [0.1, 0.15) is 5.72 Å². The van der Waals surface area contributed by atoms with E-state index in [1.54, 1.807) is 18.7 Å². The van der Waals surface area contributed by atoms with Gasteiger partial charge >= 0.3 is 0 Å². The number of nitrogens with zero attached hydrogens (tertiary/aromatic N) is 1. The van der Waals surface area contributed by atoms with E-state index in [9.17, 15) is 9.90 Å². The van der Waals surface area contributed by atoms with Gasteiger partial charge in [-0.2, -0.15) is 0 Å². The molecule has 1 spiro atoms. The Balaban J connectivity index is 1.86. The zero-order valence-corrected chi connectivity index (χ0v) is 11.1. The van der Waals surface area contributed by atoms with Crippen LogP contribution in [-0.4, -0.2) is 28.2 Å². The van der Waals surface area contributed by atoms with Crippen molar-refractivity contribution in [1.29, 1.82) is 0 Å². The highest BCUT2D eigenvalue weighted by molar-refractivity contribution is 5.85.